The molecule has 0 atom stereocenters. The smallest absolute Gasteiger partial charge is 0.262 e. The SMILES string of the molecule is CCN(C(C)=O)c1nc(CSc2nc3ccccc3c(=O)n2C2CCCCC2)cs1. The molecule has 1 aromatic carbocycles. The van der Waals surface area contributed by atoms with E-state index in [4.69, 9.17) is 4.98 Å². The first-order valence-corrected chi connectivity index (χ1v) is 12.3. The molecule has 8 heteroatoms. The highest BCUT2D eigenvalue weighted by Gasteiger charge is 2.22. The van der Waals surface area contributed by atoms with Gasteiger partial charge in [-0.05, 0) is 31.9 Å². The minimum absolute atomic E-state index is 0.00612. The molecule has 3 aromatic rings. The van der Waals surface area contributed by atoms with Gasteiger partial charge in [-0.3, -0.25) is 19.1 Å². The number of carbonyl (C=O) groups excluding carboxylic acids is 1. The summed E-state index contributed by atoms with van der Waals surface area (Å²) in [6.07, 6.45) is 5.60. The third-order valence-corrected chi connectivity index (χ3v) is 7.43. The Bertz CT molecular complexity index is 1100. The van der Waals surface area contributed by atoms with Crippen LogP contribution in [0.4, 0.5) is 5.13 Å². The van der Waals surface area contributed by atoms with E-state index in [1.54, 1.807) is 23.6 Å². The number of fused-ring (bicyclic) bond motifs is 1. The van der Waals surface area contributed by atoms with Gasteiger partial charge in [0.15, 0.2) is 10.3 Å². The summed E-state index contributed by atoms with van der Waals surface area (Å²) < 4.78 is 1.92. The molecule has 0 aliphatic heterocycles. The summed E-state index contributed by atoms with van der Waals surface area (Å²) >= 11 is 3.03. The third kappa shape index (κ3) is 4.30. The van der Waals surface area contributed by atoms with Crippen molar-refractivity contribution in [3.8, 4) is 0 Å². The fourth-order valence-corrected chi connectivity index (χ4v) is 6.00. The Hall–Kier alpha value is -2.19. The highest BCUT2D eigenvalue weighted by atomic mass is 32.2. The fourth-order valence-electron chi connectivity index (χ4n) is 4.01. The van der Waals surface area contributed by atoms with E-state index in [1.807, 2.05) is 41.1 Å². The van der Waals surface area contributed by atoms with Crippen LogP contribution in [0.15, 0.2) is 39.6 Å². The number of hydrogen-bond acceptors (Lipinski definition) is 6. The molecule has 1 amide bonds. The minimum Gasteiger partial charge on any atom is -0.289 e. The van der Waals surface area contributed by atoms with Crippen LogP contribution < -0.4 is 10.5 Å². The van der Waals surface area contributed by atoms with Crippen LogP contribution in [0.5, 0.6) is 0 Å². The van der Waals surface area contributed by atoms with Crippen molar-refractivity contribution in [3.63, 3.8) is 0 Å². The standard InChI is InChI=1S/C22H26N4O2S2/c1-3-25(15(2)27)21-23-16(13-29-21)14-30-22-24-19-12-8-7-11-18(19)20(28)26(22)17-9-5-4-6-10-17/h7-8,11-13,17H,3-6,9-10,14H2,1-2H3. The molecule has 0 saturated heterocycles. The fraction of sp³-hybridized carbons (Fsp3) is 0.455. The van der Waals surface area contributed by atoms with E-state index in [9.17, 15) is 9.59 Å². The molecule has 0 N–H and O–H groups in total. The van der Waals surface area contributed by atoms with Gasteiger partial charge in [-0.15, -0.1) is 11.3 Å². The molecule has 30 heavy (non-hydrogen) atoms. The number of nitrogens with zero attached hydrogens (tertiary/aromatic N) is 4. The highest BCUT2D eigenvalue weighted by Crippen LogP contribution is 2.32. The molecule has 6 nitrogen and oxygen atoms in total. The maximum Gasteiger partial charge on any atom is 0.262 e. The second-order valence-corrected chi connectivity index (χ2v) is 9.33. The number of aromatic nitrogens is 3. The number of anilines is 1. The molecule has 0 unspecified atom stereocenters. The van der Waals surface area contributed by atoms with Crippen molar-refractivity contribution in [1.82, 2.24) is 14.5 Å². The number of thioether (sulfide) groups is 1. The van der Waals surface area contributed by atoms with Gasteiger partial charge >= 0.3 is 0 Å². The second kappa shape index (κ2) is 9.31. The lowest BCUT2D eigenvalue weighted by Gasteiger charge is -2.26. The number of amides is 1. The van der Waals surface area contributed by atoms with Crippen molar-refractivity contribution in [2.45, 2.75) is 62.9 Å². The lowest BCUT2D eigenvalue weighted by atomic mass is 9.95. The van der Waals surface area contributed by atoms with E-state index in [1.165, 1.54) is 17.8 Å². The van der Waals surface area contributed by atoms with E-state index in [0.717, 1.165) is 47.2 Å². The van der Waals surface area contributed by atoms with Gasteiger partial charge in [0, 0.05) is 30.6 Å². The van der Waals surface area contributed by atoms with Crippen LogP contribution in [-0.2, 0) is 10.5 Å². The van der Waals surface area contributed by atoms with Gasteiger partial charge in [0.1, 0.15) is 0 Å². The summed E-state index contributed by atoms with van der Waals surface area (Å²) in [5, 5.41) is 4.15. The number of hydrogen-bond donors (Lipinski definition) is 0. The van der Waals surface area contributed by atoms with E-state index in [2.05, 4.69) is 4.98 Å². The molecular weight excluding hydrogens is 416 g/mol. The highest BCUT2D eigenvalue weighted by molar-refractivity contribution is 7.98. The van der Waals surface area contributed by atoms with E-state index in [0.29, 0.717) is 17.7 Å². The van der Waals surface area contributed by atoms with Gasteiger partial charge in [0.05, 0.1) is 16.6 Å². The molecule has 2 heterocycles. The lowest BCUT2D eigenvalue weighted by Crippen LogP contribution is -2.29. The van der Waals surface area contributed by atoms with Gasteiger partial charge in [0.2, 0.25) is 5.91 Å². The van der Waals surface area contributed by atoms with Gasteiger partial charge < -0.3 is 0 Å². The van der Waals surface area contributed by atoms with Crippen molar-refractivity contribution in [2.24, 2.45) is 0 Å². The van der Waals surface area contributed by atoms with Crippen LogP contribution in [-0.4, -0.2) is 27.0 Å². The van der Waals surface area contributed by atoms with Crippen LogP contribution in [0.1, 0.15) is 57.7 Å². The summed E-state index contributed by atoms with van der Waals surface area (Å²) in [5.74, 6) is 0.608. The predicted molar refractivity (Wildman–Crippen MR) is 124 cm³/mol. The summed E-state index contributed by atoms with van der Waals surface area (Å²) in [6, 6.07) is 7.80. The molecule has 1 saturated carbocycles. The molecule has 158 valence electrons. The first-order valence-electron chi connectivity index (χ1n) is 10.4. The third-order valence-electron chi connectivity index (χ3n) is 5.53. The van der Waals surface area contributed by atoms with Crippen molar-refractivity contribution < 1.29 is 4.79 Å². The maximum absolute atomic E-state index is 13.3. The maximum atomic E-state index is 13.3. The molecular formula is C22H26N4O2S2. The molecule has 2 aromatic heterocycles. The zero-order valence-corrected chi connectivity index (χ0v) is 19.0. The van der Waals surface area contributed by atoms with Gasteiger partial charge in [-0.2, -0.15) is 0 Å². The Kier molecular flexibility index (Phi) is 6.53. The van der Waals surface area contributed by atoms with Crippen molar-refractivity contribution >= 4 is 45.0 Å². The van der Waals surface area contributed by atoms with E-state index < -0.39 is 0 Å². The molecule has 4 rings (SSSR count). The summed E-state index contributed by atoms with van der Waals surface area (Å²) in [7, 11) is 0. The summed E-state index contributed by atoms with van der Waals surface area (Å²) in [6.45, 7) is 4.10. The monoisotopic (exact) mass is 442 g/mol. The first-order chi connectivity index (χ1) is 14.6. The lowest BCUT2D eigenvalue weighted by molar-refractivity contribution is -0.116. The van der Waals surface area contributed by atoms with Gasteiger partial charge in [0.25, 0.3) is 5.56 Å². The van der Waals surface area contributed by atoms with Crippen LogP contribution >= 0.6 is 23.1 Å². The van der Waals surface area contributed by atoms with Crippen LogP contribution in [0.3, 0.4) is 0 Å². The number of benzene rings is 1. The number of para-hydroxylation sites is 1. The molecule has 1 fully saturated rings. The van der Waals surface area contributed by atoms with Gasteiger partial charge in [-0.25, -0.2) is 9.97 Å². The number of carbonyl (C=O) groups is 1. The van der Waals surface area contributed by atoms with Crippen LogP contribution in [0.2, 0.25) is 0 Å². The number of thiazole rings is 1. The summed E-state index contributed by atoms with van der Waals surface area (Å²) in [5.41, 5.74) is 1.70. The molecule has 1 aliphatic carbocycles. The average molecular weight is 443 g/mol. The van der Waals surface area contributed by atoms with Crippen LogP contribution in [0.25, 0.3) is 10.9 Å². The molecule has 0 radical (unpaired) electrons. The zero-order valence-electron chi connectivity index (χ0n) is 17.3. The van der Waals surface area contributed by atoms with E-state index >= 15 is 0 Å². The second-order valence-electron chi connectivity index (χ2n) is 7.55. The zero-order chi connectivity index (χ0) is 21.1. The summed E-state index contributed by atoms with van der Waals surface area (Å²) in [4.78, 5) is 36.3. The largest absolute Gasteiger partial charge is 0.289 e. The minimum atomic E-state index is -0.00612. The normalized spacial score (nSPS) is 14.9. The molecule has 1 aliphatic rings. The van der Waals surface area contributed by atoms with E-state index in [-0.39, 0.29) is 17.5 Å². The Balaban J connectivity index is 1.64. The van der Waals surface area contributed by atoms with Crippen LogP contribution in [0, 0.1) is 0 Å². The molecule has 0 bridgehead atoms. The Morgan fingerprint density at radius 1 is 1.23 bits per heavy atom. The van der Waals surface area contributed by atoms with Crippen molar-refractivity contribution in [2.75, 3.05) is 11.4 Å². The topological polar surface area (TPSA) is 68.1 Å². The Morgan fingerprint density at radius 3 is 2.73 bits per heavy atom. The predicted octanol–water partition coefficient (Wildman–Crippen LogP) is 5.02. The molecule has 0 spiro atoms. The average Bonchev–Trinajstić information content (AvgIpc) is 3.22. The number of rotatable bonds is 6. The first kappa shape index (κ1) is 21.1. The van der Waals surface area contributed by atoms with Crippen molar-refractivity contribution in [1.29, 1.82) is 0 Å². The Labute approximate surface area is 184 Å². The quantitative estimate of drug-likeness (QED) is 0.396. The Morgan fingerprint density at radius 2 is 2.00 bits per heavy atom. The van der Waals surface area contributed by atoms with Gasteiger partial charge in [-0.1, -0.05) is 43.2 Å². The van der Waals surface area contributed by atoms with Crippen molar-refractivity contribution in [3.05, 3.63) is 45.7 Å².